The first kappa shape index (κ1) is 15.5. The van der Waals surface area contributed by atoms with Crippen LogP contribution in [0.15, 0.2) is 24.3 Å². The lowest BCUT2D eigenvalue weighted by atomic mass is 9.74. The van der Waals surface area contributed by atoms with Gasteiger partial charge in [0.1, 0.15) is 0 Å². The molecule has 2 nitrogen and oxygen atoms in total. The molecule has 0 radical (unpaired) electrons. The largest absolute Gasteiger partial charge is 0.396 e. The maximum atomic E-state index is 9.75. The van der Waals surface area contributed by atoms with Crippen LogP contribution < -0.4 is 5.32 Å². The van der Waals surface area contributed by atoms with E-state index in [4.69, 9.17) is 0 Å². The first-order valence-electron chi connectivity index (χ1n) is 8.04. The molecule has 1 aromatic carbocycles. The summed E-state index contributed by atoms with van der Waals surface area (Å²) in [6.07, 6.45) is 7.29. The van der Waals surface area contributed by atoms with E-state index in [1.165, 1.54) is 43.2 Å². The Hall–Kier alpha value is -0.860. The predicted octanol–water partition coefficient (Wildman–Crippen LogP) is 3.46. The number of nitrogens with one attached hydrogen (secondary N) is 1. The zero-order valence-electron chi connectivity index (χ0n) is 13.0. The van der Waals surface area contributed by atoms with Crippen LogP contribution in [0.2, 0.25) is 0 Å². The highest BCUT2D eigenvalue weighted by molar-refractivity contribution is 5.26. The van der Waals surface area contributed by atoms with Crippen LogP contribution in [0.1, 0.15) is 50.2 Å². The van der Waals surface area contributed by atoms with Crippen LogP contribution in [0.25, 0.3) is 0 Å². The zero-order valence-corrected chi connectivity index (χ0v) is 13.0. The van der Waals surface area contributed by atoms with Crippen LogP contribution in [-0.4, -0.2) is 24.3 Å². The van der Waals surface area contributed by atoms with E-state index in [1.807, 2.05) is 0 Å². The summed E-state index contributed by atoms with van der Waals surface area (Å²) < 4.78 is 0. The van der Waals surface area contributed by atoms with Crippen molar-refractivity contribution in [2.45, 2.75) is 58.4 Å². The van der Waals surface area contributed by atoms with E-state index in [-0.39, 0.29) is 5.41 Å². The summed E-state index contributed by atoms with van der Waals surface area (Å²) in [5, 5.41) is 13.4. The summed E-state index contributed by atoms with van der Waals surface area (Å²) in [6.45, 7) is 5.71. The topological polar surface area (TPSA) is 32.3 Å². The maximum absolute atomic E-state index is 9.75. The number of aliphatic hydroxyl groups is 1. The highest BCUT2D eigenvalue weighted by Crippen LogP contribution is 2.35. The Morgan fingerprint density at radius 3 is 2.55 bits per heavy atom. The zero-order chi connectivity index (χ0) is 14.4. The molecule has 2 heteroatoms. The number of rotatable bonds is 6. The molecule has 0 heterocycles. The molecule has 1 aliphatic carbocycles. The van der Waals surface area contributed by atoms with Crippen LogP contribution in [0.3, 0.4) is 0 Å². The van der Waals surface area contributed by atoms with Crippen LogP contribution in [0, 0.1) is 12.3 Å². The molecule has 0 saturated heterocycles. The molecule has 2 rings (SSSR count). The Labute approximate surface area is 123 Å². The van der Waals surface area contributed by atoms with Gasteiger partial charge in [-0.1, -0.05) is 43.5 Å². The van der Waals surface area contributed by atoms with Crippen LogP contribution in [0.4, 0.5) is 0 Å². The lowest BCUT2D eigenvalue weighted by Gasteiger charge is -2.36. The number of hydrogen-bond donors (Lipinski definition) is 2. The van der Waals surface area contributed by atoms with E-state index < -0.39 is 0 Å². The minimum absolute atomic E-state index is 0.137. The second kappa shape index (κ2) is 7.24. The summed E-state index contributed by atoms with van der Waals surface area (Å²) in [4.78, 5) is 0. The first-order valence-corrected chi connectivity index (χ1v) is 8.04. The summed E-state index contributed by atoms with van der Waals surface area (Å²) in [6, 6.07) is 9.07. The molecule has 112 valence electrons. The van der Waals surface area contributed by atoms with Gasteiger partial charge < -0.3 is 10.4 Å². The van der Waals surface area contributed by atoms with Crippen molar-refractivity contribution in [1.29, 1.82) is 0 Å². The minimum Gasteiger partial charge on any atom is -0.396 e. The van der Waals surface area contributed by atoms with Crippen molar-refractivity contribution in [2.24, 2.45) is 5.41 Å². The van der Waals surface area contributed by atoms with Crippen molar-refractivity contribution in [2.75, 3.05) is 13.2 Å². The molecule has 0 spiro atoms. The van der Waals surface area contributed by atoms with Gasteiger partial charge in [0.25, 0.3) is 0 Å². The van der Waals surface area contributed by atoms with Gasteiger partial charge in [-0.25, -0.2) is 0 Å². The third-order valence-electron chi connectivity index (χ3n) is 4.86. The predicted molar refractivity (Wildman–Crippen MR) is 85.0 cm³/mol. The average molecular weight is 275 g/mol. The Morgan fingerprint density at radius 1 is 1.20 bits per heavy atom. The molecule has 0 amide bonds. The molecule has 1 aromatic rings. The van der Waals surface area contributed by atoms with Gasteiger partial charge in [-0.2, -0.15) is 0 Å². The van der Waals surface area contributed by atoms with Crippen molar-refractivity contribution in [1.82, 2.24) is 5.32 Å². The molecule has 0 bridgehead atoms. The van der Waals surface area contributed by atoms with E-state index >= 15 is 0 Å². The second-order valence-electron chi connectivity index (χ2n) is 6.63. The molecule has 0 aliphatic heterocycles. The van der Waals surface area contributed by atoms with E-state index in [1.54, 1.807) is 0 Å². The second-order valence-corrected chi connectivity index (χ2v) is 6.63. The average Bonchev–Trinajstić information content (AvgIpc) is 2.49. The molecule has 1 saturated carbocycles. The van der Waals surface area contributed by atoms with Gasteiger partial charge in [0.2, 0.25) is 0 Å². The summed E-state index contributed by atoms with van der Waals surface area (Å²) in [7, 11) is 0. The fourth-order valence-corrected chi connectivity index (χ4v) is 3.32. The van der Waals surface area contributed by atoms with Gasteiger partial charge >= 0.3 is 0 Å². The maximum Gasteiger partial charge on any atom is 0.0499 e. The van der Waals surface area contributed by atoms with Gasteiger partial charge in [0.05, 0.1) is 0 Å². The van der Waals surface area contributed by atoms with Crippen molar-refractivity contribution in [3.05, 3.63) is 35.4 Å². The Morgan fingerprint density at radius 2 is 1.90 bits per heavy atom. The highest BCUT2D eigenvalue weighted by Gasteiger charge is 2.31. The van der Waals surface area contributed by atoms with Crippen molar-refractivity contribution in [3.63, 3.8) is 0 Å². The summed E-state index contributed by atoms with van der Waals surface area (Å²) >= 11 is 0. The Bertz CT molecular complexity index is 410. The monoisotopic (exact) mass is 275 g/mol. The molecule has 20 heavy (non-hydrogen) atoms. The number of aryl methyl sites for hydroxylation is 1. The van der Waals surface area contributed by atoms with Crippen molar-refractivity contribution >= 4 is 0 Å². The Balaban J connectivity index is 1.85. The van der Waals surface area contributed by atoms with Gasteiger partial charge in [-0.05, 0) is 44.2 Å². The molecule has 0 aromatic heterocycles. The quantitative estimate of drug-likeness (QED) is 0.833. The van der Waals surface area contributed by atoms with Gasteiger partial charge in [-0.15, -0.1) is 0 Å². The van der Waals surface area contributed by atoms with E-state index in [0.717, 1.165) is 13.0 Å². The Kier molecular flexibility index (Phi) is 5.62. The summed E-state index contributed by atoms with van der Waals surface area (Å²) in [5.74, 6) is 0. The number of benzene rings is 1. The highest BCUT2D eigenvalue weighted by atomic mass is 16.3. The molecule has 1 atom stereocenters. The third kappa shape index (κ3) is 4.07. The molecular formula is C18H29NO. The van der Waals surface area contributed by atoms with Crippen molar-refractivity contribution in [3.8, 4) is 0 Å². The lowest BCUT2D eigenvalue weighted by Crippen LogP contribution is -2.42. The smallest absolute Gasteiger partial charge is 0.0499 e. The molecule has 1 unspecified atom stereocenters. The van der Waals surface area contributed by atoms with Gasteiger partial charge in [0, 0.05) is 24.6 Å². The molecular weight excluding hydrogens is 246 g/mol. The van der Waals surface area contributed by atoms with Crippen molar-refractivity contribution < 1.29 is 5.11 Å². The third-order valence-corrected chi connectivity index (χ3v) is 4.86. The normalized spacial score (nSPS) is 19.8. The fraction of sp³-hybridized carbons (Fsp3) is 0.667. The first-order chi connectivity index (χ1) is 9.65. The SMILES string of the molecule is Cc1ccccc1CC(C)NCC1(CO)CCCCC1. The molecule has 1 fully saturated rings. The summed E-state index contributed by atoms with van der Waals surface area (Å²) in [5.41, 5.74) is 2.93. The van der Waals surface area contributed by atoms with E-state index in [2.05, 4.69) is 43.4 Å². The standard InChI is InChI=1S/C18H29NO/c1-15-8-4-5-9-17(15)12-16(2)19-13-18(14-20)10-6-3-7-11-18/h4-5,8-9,16,19-20H,3,6-7,10-14H2,1-2H3. The van der Waals surface area contributed by atoms with E-state index in [0.29, 0.717) is 12.6 Å². The van der Waals surface area contributed by atoms with Gasteiger partial charge in [-0.3, -0.25) is 0 Å². The lowest BCUT2D eigenvalue weighted by molar-refractivity contribution is 0.0789. The fourth-order valence-electron chi connectivity index (χ4n) is 3.32. The minimum atomic E-state index is 0.137. The molecule has 1 aliphatic rings. The van der Waals surface area contributed by atoms with Gasteiger partial charge in [0.15, 0.2) is 0 Å². The van der Waals surface area contributed by atoms with Crippen LogP contribution >= 0.6 is 0 Å². The van der Waals surface area contributed by atoms with Crippen LogP contribution in [0.5, 0.6) is 0 Å². The number of hydrogen-bond acceptors (Lipinski definition) is 2. The molecule has 2 N–H and O–H groups in total. The number of aliphatic hydroxyl groups excluding tert-OH is 1. The van der Waals surface area contributed by atoms with Crippen LogP contribution in [-0.2, 0) is 6.42 Å². The van der Waals surface area contributed by atoms with E-state index in [9.17, 15) is 5.11 Å².